The number of para-hydroxylation sites is 1. The zero-order valence-corrected chi connectivity index (χ0v) is 13.1. The summed E-state index contributed by atoms with van der Waals surface area (Å²) in [4.78, 5) is 29.3. The van der Waals surface area contributed by atoms with E-state index in [0.29, 0.717) is 0 Å². The van der Waals surface area contributed by atoms with Gasteiger partial charge in [0, 0.05) is 11.3 Å². The second-order valence-corrected chi connectivity index (χ2v) is 5.74. The number of fused-ring (bicyclic) bond motifs is 1. The Kier molecular flexibility index (Phi) is 3.64. The van der Waals surface area contributed by atoms with Crippen LogP contribution in [0, 0.1) is 5.82 Å². The van der Waals surface area contributed by atoms with Crippen molar-refractivity contribution in [3.8, 4) is 5.69 Å². The predicted molar refractivity (Wildman–Crippen MR) is 88.4 cm³/mol. The average molecular weight is 339 g/mol. The van der Waals surface area contributed by atoms with Gasteiger partial charge < -0.3 is 5.32 Å². The molecule has 1 aliphatic carbocycles. The Bertz CT molecular complexity index is 1010. The van der Waals surface area contributed by atoms with Crippen molar-refractivity contribution in [1.82, 2.24) is 19.7 Å². The normalized spacial score (nSPS) is 12.8. The minimum absolute atomic E-state index is 0.244. The second kappa shape index (κ2) is 5.97. The van der Waals surface area contributed by atoms with Crippen LogP contribution in [0.2, 0.25) is 0 Å². The van der Waals surface area contributed by atoms with E-state index in [4.69, 9.17) is 0 Å². The number of H-pyrrole nitrogens is 1. The van der Waals surface area contributed by atoms with E-state index < -0.39 is 17.4 Å². The molecule has 0 spiro atoms. The highest BCUT2D eigenvalue weighted by molar-refractivity contribution is 6.03. The molecule has 2 N–H and O–H groups in total. The molecule has 4 rings (SSSR count). The van der Waals surface area contributed by atoms with Crippen molar-refractivity contribution in [2.24, 2.45) is 0 Å². The standard InChI is InChI=1S/C17H14FN5O2/c18-12-9-19-17(25)21-15(12)20-16(24)14-11-7-4-8-13(11)23(22-14)10-5-2-1-3-6-10/h1-3,5-6,9H,4,7-8H2,(H2,19,20,21,24,25). The lowest BCUT2D eigenvalue weighted by molar-refractivity contribution is 0.102. The maximum Gasteiger partial charge on any atom is 0.346 e. The van der Waals surface area contributed by atoms with Gasteiger partial charge in [-0.3, -0.25) is 9.78 Å². The first-order chi connectivity index (χ1) is 12.1. The maximum absolute atomic E-state index is 13.7. The molecule has 0 saturated heterocycles. The van der Waals surface area contributed by atoms with Gasteiger partial charge in [0.25, 0.3) is 5.91 Å². The Hall–Kier alpha value is -3.29. The van der Waals surface area contributed by atoms with Crippen LogP contribution in [-0.2, 0) is 12.8 Å². The van der Waals surface area contributed by atoms with E-state index in [2.05, 4.69) is 20.4 Å². The Morgan fingerprint density at radius 1 is 1.24 bits per heavy atom. The Morgan fingerprint density at radius 3 is 2.84 bits per heavy atom. The van der Waals surface area contributed by atoms with Gasteiger partial charge in [-0.1, -0.05) is 18.2 Å². The van der Waals surface area contributed by atoms with Crippen molar-refractivity contribution in [2.75, 3.05) is 5.32 Å². The van der Waals surface area contributed by atoms with E-state index in [-0.39, 0.29) is 11.5 Å². The first-order valence-electron chi connectivity index (χ1n) is 7.86. The lowest BCUT2D eigenvalue weighted by Crippen LogP contribution is -2.20. The summed E-state index contributed by atoms with van der Waals surface area (Å²) in [5, 5.41) is 6.80. The van der Waals surface area contributed by atoms with Gasteiger partial charge in [0.2, 0.25) is 0 Å². The van der Waals surface area contributed by atoms with Crippen LogP contribution in [0.25, 0.3) is 5.69 Å². The van der Waals surface area contributed by atoms with Crippen molar-refractivity contribution in [3.63, 3.8) is 0 Å². The van der Waals surface area contributed by atoms with Crippen molar-refractivity contribution in [1.29, 1.82) is 0 Å². The number of nitrogens with one attached hydrogen (secondary N) is 2. The minimum atomic E-state index is -0.813. The van der Waals surface area contributed by atoms with Gasteiger partial charge in [0.15, 0.2) is 17.3 Å². The maximum atomic E-state index is 13.7. The number of nitrogens with zero attached hydrogens (tertiary/aromatic N) is 3. The molecule has 8 heteroatoms. The van der Waals surface area contributed by atoms with Crippen LogP contribution in [0.5, 0.6) is 0 Å². The number of halogens is 1. The molecule has 25 heavy (non-hydrogen) atoms. The highest BCUT2D eigenvalue weighted by atomic mass is 19.1. The molecular formula is C17H14FN5O2. The third-order valence-electron chi connectivity index (χ3n) is 4.15. The van der Waals surface area contributed by atoms with E-state index in [1.165, 1.54) is 0 Å². The first kappa shape index (κ1) is 15.3. The van der Waals surface area contributed by atoms with E-state index in [9.17, 15) is 14.0 Å². The number of hydrogen-bond donors (Lipinski definition) is 2. The van der Waals surface area contributed by atoms with E-state index in [1.54, 1.807) is 4.68 Å². The number of carbonyl (C=O) groups is 1. The summed E-state index contributed by atoms with van der Waals surface area (Å²) in [6.07, 6.45) is 3.26. The zero-order valence-electron chi connectivity index (χ0n) is 13.1. The van der Waals surface area contributed by atoms with Crippen LogP contribution in [-0.4, -0.2) is 25.7 Å². The van der Waals surface area contributed by atoms with E-state index in [0.717, 1.165) is 42.4 Å². The molecule has 2 heterocycles. The smallest absolute Gasteiger partial charge is 0.304 e. The summed E-state index contributed by atoms with van der Waals surface area (Å²) >= 11 is 0. The van der Waals surface area contributed by atoms with Crippen LogP contribution in [0.15, 0.2) is 41.3 Å². The molecule has 0 aliphatic heterocycles. The molecule has 0 saturated carbocycles. The van der Waals surface area contributed by atoms with Crippen molar-refractivity contribution in [3.05, 3.63) is 69.8 Å². The monoisotopic (exact) mass is 339 g/mol. The van der Waals surface area contributed by atoms with Crippen LogP contribution in [0.3, 0.4) is 0 Å². The number of carbonyl (C=O) groups excluding carboxylic acids is 1. The Balaban J connectivity index is 1.72. The zero-order chi connectivity index (χ0) is 17.4. The quantitative estimate of drug-likeness (QED) is 0.761. The van der Waals surface area contributed by atoms with Gasteiger partial charge in [0.05, 0.1) is 11.9 Å². The number of hydrogen-bond acceptors (Lipinski definition) is 4. The van der Waals surface area contributed by atoms with Crippen LogP contribution in [0.4, 0.5) is 10.2 Å². The largest absolute Gasteiger partial charge is 0.346 e. The number of rotatable bonds is 3. The predicted octanol–water partition coefficient (Wildman–Crippen LogP) is 1.84. The summed E-state index contributed by atoms with van der Waals surface area (Å²) in [6, 6.07) is 9.52. The summed E-state index contributed by atoms with van der Waals surface area (Å²) < 4.78 is 15.5. The molecule has 1 aliphatic rings. The Morgan fingerprint density at radius 2 is 2.04 bits per heavy atom. The highest BCUT2D eigenvalue weighted by Gasteiger charge is 2.27. The fraction of sp³-hybridized carbons (Fsp3) is 0.176. The molecular weight excluding hydrogens is 325 g/mol. The molecule has 1 amide bonds. The van der Waals surface area contributed by atoms with E-state index >= 15 is 0 Å². The van der Waals surface area contributed by atoms with Gasteiger partial charge in [-0.05, 0) is 31.4 Å². The molecule has 0 fully saturated rings. The first-order valence-corrected chi connectivity index (χ1v) is 7.86. The SMILES string of the molecule is O=C(Nc1[nH]c(=O)ncc1F)c1nn(-c2ccccc2)c2c1CCC2. The average Bonchev–Trinajstić information content (AvgIpc) is 3.21. The van der Waals surface area contributed by atoms with Crippen LogP contribution >= 0.6 is 0 Å². The van der Waals surface area contributed by atoms with Gasteiger partial charge in [-0.2, -0.15) is 10.1 Å². The molecule has 1 aromatic carbocycles. The fourth-order valence-electron chi connectivity index (χ4n) is 3.04. The van der Waals surface area contributed by atoms with Crippen molar-refractivity contribution >= 4 is 11.7 Å². The van der Waals surface area contributed by atoms with Gasteiger partial charge >= 0.3 is 5.69 Å². The minimum Gasteiger partial charge on any atom is -0.304 e. The number of benzene rings is 1. The second-order valence-electron chi connectivity index (χ2n) is 5.74. The number of aromatic amines is 1. The molecule has 2 aromatic heterocycles. The number of anilines is 1. The number of aromatic nitrogens is 4. The van der Waals surface area contributed by atoms with Gasteiger partial charge in [-0.25, -0.2) is 13.9 Å². The molecule has 0 bridgehead atoms. The molecule has 0 radical (unpaired) electrons. The lowest BCUT2D eigenvalue weighted by Gasteiger charge is -2.05. The third-order valence-corrected chi connectivity index (χ3v) is 4.15. The van der Waals surface area contributed by atoms with Gasteiger partial charge in [0.1, 0.15) is 0 Å². The van der Waals surface area contributed by atoms with Crippen molar-refractivity contribution in [2.45, 2.75) is 19.3 Å². The van der Waals surface area contributed by atoms with Crippen molar-refractivity contribution < 1.29 is 9.18 Å². The van der Waals surface area contributed by atoms with Crippen LogP contribution < -0.4 is 11.0 Å². The van der Waals surface area contributed by atoms with Crippen LogP contribution in [0.1, 0.15) is 28.2 Å². The summed E-state index contributed by atoms with van der Waals surface area (Å²) in [5.74, 6) is -1.69. The number of amides is 1. The summed E-state index contributed by atoms with van der Waals surface area (Å²) in [5.41, 5.74) is 2.21. The molecule has 0 atom stereocenters. The van der Waals surface area contributed by atoms with E-state index in [1.807, 2.05) is 30.3 Å². The molecule has 3 aromatic rings. The third kappa shape index (κ3) is 2.71. The molecule has 0 unspecified atom stereocenters. The molecule has 126 valence electrons. The lowest BCUT2D eigenvalue weighted by atomic mass is 10.2. The highest BCUT2D eigenvalue weighted by Crippen LogP contribution is 2.28. The van der Waals surface area contributed by atoms with Gasteiger partial charge in [-0.15, -0.1) is 0 Å². The Labute approximate surface area is 141 Å². The summed E-state index contributed by atoms with van der Waals surface area (Å²) in [7, 11) is 0. The molecule has 7 nitrogen and oxygen atoms in total. The summed E-state index contributed by atoms with van der Waals surface area (Å²) in [6.45, 7) is 0. The topological polar surface area (TPSA) is 92.7 Å². The fourth-order valence-corrected chi connectivity index (χ4v) is 3.04.